The molecule has 0 saturated carbocycles. The number of nitrogens with one attached hydrogen (secondary N) is 1. The van der Waals surface area contributed by atoms with Crippen LogP contribution in [-0.2, 0) is 32.1 Å². The zero-order chi connectivity index (χ0) is 26.9. The molecule has 1 saturated heterocycles. The second-order valence-electron chi connectivity index (χ2n) is 10.1. The van der Waals surface area contributed by atoms with Crippen LogP contribution in [0.3, 0.4) is 0 Å². The summed E-state index contributed by atoms with van der Waals surface area (Å²) in [6.07, 6.45) is 7.19. The van der Waals surface area contributed by atoms with E-state index in [0.717, 1.165) is 24.0 Å². The number of hydrogen-bond donors (Lipinski definition) is 1. The maximum atomic E-state index is 13.8. The first-order valence-electron chi connectivity index (χ1n) is 13.6. The van der Waals surface area contributed by atoms with Crippen LogP contribution >= 0.6 is 0 Å². The topological polar surface area (TPSA) is 86.8 Å². The number of likely N-dealkylation sites (tertiary alicyclic amines) is 1. The number of nitrogens with zero attached hydrogens (tertiary/aromatic N) is 2. The fourth-order valence-corrected chi connectivity index (χ4v) is 5.28. The molecule has 2 aromatic carbocycles. The van der Waals surface area contributed by atoms with Gasteiger partial charge in [0.2, 0.25) is 23.6 Å². The number of rotatable bonds is 12. The summed E-state index contributed by atoms with van der Waals surface area (Å²) in [6.45, 7) is 2.90. The molecule has 0 bridgehead atoms. The first-order valence-corrected chi connectivity index (χ1v) is 13.6. The molecule has 4 rings (SSSR count). The third kappa shape index (κ3) is 6.57. The van der Waals surface area contributed by atoms with Gasteiger partial charge in [-0.15, -0.1) is 0 Å². The number of allylic oxidation sites excluding steroid dienone is 2. The van der Waals surface area contributed by atoms with Gasteiger partial charge in [0.05, 0.1) is 11.8 Å². The number of carbonyl (C=O) groups is 4. The highest BCUT2D eigenvalue weighted by Gasteiger charge is 2.47. The van der Waals surface area contributed by atoms with Crippen LogP contribution in [-0.4, -0.2) is 52.6 Å². The van der Waals surface area contributed by atoms with Crippen molar-refractivity contribution in [2.24, 2.45) is 11.8 Å². The first-order chi connectivity index (χ1) is 18.5. The van der Waals surface area contributed by atoms with Crippen LogP contribution in [0.1, 0.15) is 50.2 Å². The fraction of sp³-hybridized carbons (Fsp3) is 0.419. The Morgan fingerprint density at radius 2 is 1.50 bits per heavy atom. The van der Waals surface area contributed by atoms with E-state index in [1.54, 1.807) is 4.90 Å². The van der Waals surface area contributed by atoms with Crippen molar-refractivity contribution in [3.63, 3.8) is 0 Å². The molecule has 0 aromatic heterocycles. The lowest BCUT2D eigenvalue weighted by Crippen LogP contribution is -2.51. The van der Waals surface area contributed by atoms with Crippen LogP contribution < -0.4 is 5.32 Å². The summed E-state index contributed by atoms with van der Waals surface area (Å²) in [5.41, 5.74) is 1.86. The second kappa shape index (κ2) is 13.2. The SMILES string of the molecule is CCCCNC(=O)[C@@H](Cc1ccccc1)N(Cc1ccccc1)C(=O)CCN1C(=O)[C@H]2CC=CC[C@H]2C1=O. The Hall–Kier alpha value is -3.74. The summed E-state index contributed by atoms with van der Waals surface area (Å²) in [4.78, 5) is 56.0. The van der Waals surface area contributed by atoms with Crippen molar-refractivity contribution in [2.45, 2.75) is 58.0 Å². The predicted molar refractivity (Wildman–Crippen MR) is 146 cm³/mol. The smallest absolute Gasteiger partial charge is 0.243 e. The number of unbranched alkanes of at least 4 members (excludes halogenated alkanes) is 1. The second-order valence-corrected chi connectivity index (χ2v) is 10.1. The Morgan fingerprint density at radius 3 is 2.08 bits per heavy atom. The van der Waals surface area contributed by atoms with Crippen LogP contribution in [0.5, 0.6) is 0 Å². The van der Waals surface area contributed by atoms with E-state index in [-0.39, 0.29) is 55.0 Å². The van der Waals surface area contributed by atoms with E-state index in [4.69, 9.17) is 0 Å². The van der Waals surface area contributed by atoms with Gasteiger partial charge in [0.25, 0.3) is 0 Å². The minimum Gasteiger partial charge on any atom is -0.354 e. The van der Waals surface area contributed by atoms with Crippen LogP contribution in [0, 0.1) is 11.8 Å². The molecule has 0 unspecified atom stereocenters. The van der Waals surface area contributed by atoms with Gasteiger partial charge >= 0.3 is 0 Å². The molecule has 7 nitrogen and oxygen atoms in total. The van der Waals surface area contributed by atoms with Gasteiger partial charge in [-0.2, -0.15) is 0 Å². The summed E-state index contributed by atoms with van der Waals surface area (Å²) in [7, 11) is 0. The van der Waals surface area contributed by atoms with E-state index in [1.807, 2.05) is 72.8 Å². The first kappa shape index (κ1) is 27.3. The van der Waals surface area contributed by atoms with Crippen molar-refractivity contribution < 1.29 is 19.2 Å². The zero-order valence-corrected chi connectivity index (χ0v) is 22.1. The van der Waals surface area contributed by atoms with E-state index in [9.17, 15) is 19.2 Å². The zero-order valence-electron chi connectivity index (χ0n) is 22.1. The van der Waals surface area contributed by atoms with Gasteiger partial charge < -0.3 is 10.2 Å². The largest absolute Gasteiger partial charge is 0.354 e. The average molecular weight is 516 g/mol. The molecular formula is C31H37N3O4. The third-order valence-electron chi connectivity index (χ3n) is 7.44. The van der Waals surface area contributed by atoms with Gasteiger partial charge in [0.1, 0.15) is 6.04 Å². The van der Waals surface area contributed by atoms with Crippen LogP contribution in [0.25, 0.3) is 0 Å². The number of benzene rings is 2. The Kier molecular flexibility index (Phi) is 9.46. The van der Waals surface area contributed by atoms with Gasteiger partial charge in [-0.05, 0) is 30.4 Å². The van der Waals surface area contributed by atoms with Crippen molar-refractivity contribution in [3.8, 4) is 0 Å². The fourth-order valence-electron chi connectivity index (χ4n) is 5.28. The monoisotopic (exact) mass is 515 g/mol. The highest BCUT2D eigenvalue weighted by molar-refractivity contribution is 6.05. The normalized spacial score (nSPS) is 19.2. The van der Waals surface area contributed by atoms with Gasteiger partial charge in [0.15, 0.2) is 0 Å². The maximum Gasteiger partial charge on any atom is 0.243 e. The molecular weight excluding hydrogens is 478 g/mol. The minimum atomic E-state index is -0.723. The summed E-state index contributed by atoms with van der Waals surface area (Å²) in [5.74, 6) is -1.47. The molecule has 1 N–H and O–H groups in total. The van der Waals surface area contributed by atoms with Crippen molar-refractivity contribution in [3.05, 3.63) is 83.9 Å². The number of hydrogen-bond acceptors (Lipinski definition) is 4. The van der Waals surface area contributed by atoms with Crippen LogP contribution in [0.4, 0.5) is 0 Å². The molecule has 1 heterocycles. The predicted octanol–water partition coefficient (Wildman–Crippen LogP) is 3.88. The molecule has 4 amide bonds. The standard InChI is InChI=1S/C31H37N3O4/c1-2-3-19-32-29(36)27(21-23-12-6-4-7-13-23)34(22-24-14-8-5-9-15-24)28(35)18-20-33-30(37)25-16-10-11-17-26(25)31(33)38/h4-15,25-27H,2-3,16-22H2,1H3,(H,32,36)/t25-,26+,27-/m1/s1. The minimum absolute atomic E-state index is 0.0231. The molecule has 1 aliphatic heterocycles. The molecule has 1 aliphatic carbocycles. The lowest BCUT2D eigenvalue weighted by Gasteiger charge is -2.32. The number of imide groups is 1. The van der Waals surface area contributed by atoms with Crippen molar-refractivity contribution in [2.75, 3.05) is 13.1 Å². The van der Waals surface area contributed by atoms with Crippen molar-refractivity contribution in [1.82, 2.24) is 15.1 Å². The average Bonchev–Trinajstić information content (AvgIpc) is 3.19. The summed E-state index contributed by atoms with van der Waals surface area (Å²) in [6, 6.07) is 18.5. The van der Waals surface area contributed by atoms with Gasteiger partial charge in [-0.1, -0.05) is 86.2 Å². The summed E-state index contributed by atoms with van der Waals surface area (Å²) in [5, 5.41) is 3.01. The lowest BCUT2D eigenvalue weighted by molar-refractivity contribution is -0.144. The number of fused-ring (bicyclic) bond motifs is 1. The van der Waals surface area contributed by atoms with Gasteiger partial charge in [-0.25, -0.2) is 0 Å². The molecule has 200 valence electrons. The molecule has 38 heavy (non-hydrogen) atoms. The van der Waals surface area contributed by atoms with Crippen LogP contribution in [0.2, 0.25) is 0 Å². The van der Waals surface area contributed by atoms with E-state index >= 15 is 0 Å². The maximum absolute atomic E-state index is 13.8. The third-order valence-corrected chi connectivity index (χ3v) is 7.44. The van der Waals surface area contributed by atoms with Crippen LogP contribution in [0.15, 0.2) is 72.8 Å². The molecule has 0 spiro atoms. The van der Waals surface area contributed by atoms with E-state index in [1.165, 1.54) is 4.90 Å². The van der Waals surface area contributed by atoms with Crippen molar-refractivity contribution in [1.29, 1.82) is 0 Å². The Bertz CT molecular complexity index is 1120. The molecule has 2 aromatic rings. The number of carbonyl (C=O) groups excluding carboxylic acids is 4. The lowest BCUT2D eigenvalue weighted by atomic mass is 9.85. The molecule has 0 radical (unpaired) electrons. The van der Waals surface area contributed by atoms with E-state index < -0.39 is 6.04 Å². The van der Waals surface area contributed by atoms with Gasteiger partial charge in [-0.3, -0.25) is 24.1 Å². The van der Waals surface area contributed by atoms with E-state index in [2.05, 4.69) is 12.2 Å². The highest BCUT2D eigenvalue weighted by Crippen LogP contribution is 2.35. The highest BCUT2D eigenvalue weighted by atomic mass is 16.2. The van der Waals surface area contributed by atoms with Crippen molar-refractivity contribution >= 4 is 23.6 Å². The van der Waals surface area contributed by atoms with E-state index in [0.29, 0.717) is 25.8 Å². The molecule has 3 atom stereocenters. The summed E-state index contributed by atoms with van der Waals surface area (Å²) < 4.78 is 0. The Labute approximate surface area is 224 Å². The van der Waals surface area contributed by atoms with Gasteiger partial charge in [0, 0.05) is 32.5 Å². The molecule has 7 heteroatoms. The summed E-state index contributed by atoms with van der Waals surface area (Å²) >= 11 is 0. The quantitative estimate of drug-likeness (QED) is 0.264. The number of amides is 4. The molecule has 2 aliphatic rings. The Morgan fingerprint density at radius 1 is 0.921 bits per heavy atom. The Balaban J connectivity index is 1.55. The molecule has 1 fully saturated rings.